The van der Waals surface area contributed by atoms with Gasteiger partial charge in [-0.05, 0) is 108 Å². The van der Waals surface area contributed by atoms with Crippen molar-refractivity contribution in [3.63, 3.8) is 0 Å². The zero-order chi connectivity index (χ0) is 42.7. The molecule has 4 aromatic rings. The number of hydrogen-bond donors (Lipinski definition) is 0. The Labute approximate surface area is 360 Å². The Balaban J connectivity index is 0.812. The average Bonchev–Trinajstić information content (AvgIpc) is 4.08. The summed E-state index contributed by atoms with van der Waals surface area (Å²) < 4.78 is 70.2. The van der Waals surface area contributed by atoms with Crippen LogP contribution in [0.5, 0.6) is 23.0 Å². The molecule has 14 heteroatoms. The number of carbonyl (C=O) groups is 2. The van der Waals surface area contributed by atoms with E-state index in [1.807, 2.05) is 38.1 Å². The first kappa shape index (κ1) is 42.4. The first-order chi connectivity index (χ1) is 30.2. The molecule has 62 heavy (non-hydrogen) atoms. The fraction of sp³-hybridized carbons (Fsp3) is 0.458. The molecular weight excluding hydrogens is 801 g/mol. The van der Waals surface area contributed by atoms with Crippen molar-refractivity contribution in [1.82, 2.24) is 0 Å². The molecule has 328 valence electrons. The summed E-state index contributed by atoms with van der Waals surface area (Å²) in [6.07, 6.45) is 2.64. The molecule has 0 bridgehead atoms. The van der Waals surface area contributed by atoms with E-state index in [0.29, 0.717) is 99.8 Å². The lowest BCUT2D eigenvalue weighted by molar-refractivity contribution is -0.348. The lowest BCUT2D eigenvalue weighted by Crippen LogP contribution is -2.44. The van der Waals surface area contributed by atoms with Crippen LogP contribution in [0.4, 0.5) is 0 Å². The van der Waals surface area contributed by atoms with Crippen LogP contribution in [0.3, 0.4) is 0 Å². The number of rotatable bonds is 24. The van der Waals surface area contributed by atoms with Crippen molar-refractivity contribution in [3.8, 4) is 34.1 Å². The zero-order valence-electron chi connectivity index (χ0n) is 35.2. The number of hydrogen-bond acceptors (Lipinski definition) is 14. The van der Waals surface area contributed by atoms with E-state index in [-0.39, 0.29) is 30.3 Å². The Kier molecular flexibility index (Phi) is 12.6. The topological polar surface area (TPSA) is 158 Å². The summed E-state index contributed by atoms with van der Waals surface area (Å²) in [6.45, 7) is 10.1. The van der Waals surface area contributed by atoms with Gasteiger partial charge in [-0.25, -0.2) is 9.59 Å². The molecule has 14 nitrogen and oxygen atoms in total. The minimum absolute atomic E-state index is 0.0319. The quantitative estimate of drug-likeness (QED) is 0.0294. The summed E-state index contributed by atoms with van der Waals surface area (Å²) in [7, 11) is 0. The second-order valence-electron chi connectivity index (χ2n) is 16.2. The van der Waals surface area contributed by atoms with E-state index in [1.165, 1.54) is 0 Å². The van der Waals surface area contributed by atoms with E-state index in [0.717, 1.165) is 35.1 Å². The first-order valence-corrected chi connectivity index (χ1v) is 21.5. The second kappa shape index (κ2) is 18.4. The van der Waals surface area contributed by atoms with Crippen LogP contribution in [0, 0.1) is 0 Å². The Bertz CT molecular complexity index is 2000. The van der Waals surface area contributed by atoms with Crippen LogP contribution in [-0.2, 0) is 37.9 Å². The Hall–Kier alpha value is -4.90. The molecule has 0 spiro atoms. The summed E-state index contributed by atoms with van der Waals surface area (Å²) in [5, 5.41) is 0. The highest BCUT2D eigenvalue weighted by Crippen LogP contribution is 2.47. The summed E-state index contributed by atoms with van der Waals surface area (Å²) in [5.41, 5.74) is 4.74. The van der Waals surface area contributed by atoms with Crippen molar-refractivity contribution in [2.75, 3.05) is 52.9 Å². The lowest BCUT2D eigenvalue weighted by Gasteiger charge is -2.33. The normalized spacial score (nSPS) is 23.2. The summed E-state index contributed by atoms with van der Waals surface area (Å²) >= 11 is 0. The zero-order valence-corrected chi connectivity index (χ0v) is 35.2. The monoisotopic (exact) mass is 852 g/mol. The maximum absolute atomic E-state index is 13.3. The van der Waals surface area contributed by atoms with Gasteiger partial charge in [-0.3, -0.25) is 0 Å². The predicted molar refractivity (Wildman–Crippen MR) is 221 cm³/mol. The van der Waals surface area contributed by atoms with Gasteiger partial charge in [-0.15, -0.1) is 0 Å². The molecule has 4 saturated heterocycles. The van der Waals surface area contributed by atoms with E-state index in [9.17, 15) is 9.59 Å². The maximum Gasteiger partial charge on any atom is 0.343 e. The minimum Gasteiger partial charge on any atom is -0.439 e. The molecule has 0 amide bonds. The third-order valence-corrected chi connectivity index (χ3v) is 11.1. The van der Waals surface area contributed by atoms with E-state index in [1.54, 1.807) is 60.7 Å². The SMILES string of the molecule is CCCC(OCC1CO1)(OCC1CO1)Oc1ccc(C(=O)Oc2ccc3c(c2)C(C)c2cc(OC(=O)c4ccc(OC(CCC)(OCC5CO5)OCC5CO5)cc4)ccc2-3)cc1. The molecule has 4 heterocycles. The van der Waals surface area contributed by atoms with E-state index >= 15 is 0 Å². The average molecular weight is 853 g/mol. The molecule has 0 saturated carbocycles. The van der Waals surface area contributed by atoms with E-state index in [2.05, 4.69) is 6.92 Å². The van der Waals surface area contributed by atoms with Crippen molar-refractivity contribution in [2.24, 2.45) is 0 Å². The van der Waals surface area contributed by atoms with E-state index < -0.39 is 23.9 Å². The molecule has 9 rings (SSSR count). The lowest BCUT2D eigenvalue weighted by atomic mass is 9.99. The number of epoxide rings is 4. The molecule has 1 aliphatic carbocycles. The molecular formula is C48H52O14. The molecule has 4 unspecified atom stereocenters. The van der Waals surface area contributed by atoms with Gasteiger partial charge < -0.3 is 56.8 Å². The highest BCUT2D eigenvalue weighted by atomic mass is 16.9. The Morgan fingerprint density at radius 1 is 0.516 bits per heavy atom. The molecule has 4 aromatic carbocycles. The maximum atomic E-state index is 13.3. The summed E-state index contributed by atoms with van der Waals surface area (Å²) in [6, 6.07) is 24.7. The van der Waals surface area contributed by atoms with Crippen molar-refractivity contribution >= 4 is 11.9 Å². The minimum atomic E-state index is -1.30. The highest BCUT2D eigenvalue weighted by Gasteiger charge is 2.41. The molecule has 4 atom stereocenters. The van der Waals surface area contributed by atoms with Crippen molar-refractivity contribution in [1.29, 1.82) is 0 Å². The number of fused-ring (bicyclic) bond motifs is 3. The number of benzene rings is 4. The Morgan fingerprint density at radius 3 is 1.15 bits per heavy atom. The van der Waals surface area contributed by atoms with E-state index in [4.69, 9.17) is 56.8 Å². The van der Waals surface area contributed by atoms with Gasteiger partial charge in [0.2, 0.25) is 0 Å². The van der Waals surface area contributed by atoms with Gasteiger partial charge in [0.1, 0.15) is 47.4 Å². The standard InChI is InChI=1S/C48H52O14/c1-4-18-47(55-26-37-22-51-37,56-27-38-23-52-38)61-33-10-6-31(7-11-33)45(49)59-35-14-16-41-42-17-15-36(21-44(42)30(3)43(41)20-35)60-46(50)32-8-12-34(13-9-32)62-48(19-5-2,57-28-39-24-53-39)58-29-40-25-54-40/h6-17,20-21,30,37-40H,4-5,18-19,22-29H2,1-3H3. The second-order valence-corrected chi connectivity index (χ2v) is 16.2. The van der Waals surface area contributed by atoms with Crippen LogP contribution in [-0.4, -0.2) is 101 Å². The summed E-state index contributed by atoms with van der Waals surface area (Å²) in [5.74, 6) is -1.86. The fourth-order valence-electron chi connectivity index (χ4n) is 7.33. The molecule has 4 fully saturated rings. The third-order valence-electron chi connectivity index (χ3n) is 11.1. The third kappa shape index (κ3) is 10.6. The van der Waals surface area contributed by atoms with Gasteiger partial charge in [0.25, 0.3) is 0 Å². The smallest absolute Gasteiger partial charge is 0.343 e. The van der Waals surface area contributed by atoms with Crippen molar-refractivity contribution < 1.29 is 66.4 Å². The summed E-state index contributed by atoms with van der Waals surface area (Å²) in [4.78, 5) is 26.7. The molecule has 0 radical (unpaired) electrons. The highest BCUT2D eigenvalue weighted by molar-refractivity contribution is 5.92. The van der Waals surface area contributed by atoms with Gasteiger partial charge in [0.15, 0.2) is 0 Å². The van der Waals surface area contributed by atoms with Gasteiger partial charge in [0.05, 0.1) is 64.0 Å². The van der Waals surface area contributed by atoms with Crippen LogP contribution >= 0.6 is 0 Å². The van der Waals surface area contributed by atoms with Gasteiger partial charge in [-0.1, -0.05) is 32.9 Å². The molecule has 0 N–H and O–H groups in total. The number of carbonyl (C=O) groups excluding carboxylic acids is 2. The fourth-order valence-corrected chi connectivity index (χ4v) is 7.33. The van der Waals surface area contributed by atoms with Crippen molar-refractivity contribution in [2.45, 2.75) is 88.7 Å². The van der Waals surface area contributed by atoms with Crippen molar-refractivity contribution in [3.05, 3.63) is 107 Å². The molecule has 5 aliphatic rings. The van der Waals surface area contributed by atoms with Crippen LogP contribution in [0.15, 0.2) is 84.9 Å². The van der Waals surface area contributed by atoms with Gasteiger partial charge in [-0.2, -0.15) is 0 Å². The van der Waals surface area contributed by atoms with Crippen LogP contribution < -0.4 is 18.9 Å². The van der Waals surface area contributed by atoms with Crippen LogP contribution in [0.1, 0.15) is 84.2 Å². The van der Waals surface area contributed by atoms with Crippen LogP contribution in [0.25, 0.3) is 11.1 Å². The van der Waals surface area contributed by atoms with Gasteiger partial charge >= 0.3 is 23.9 Å². The first-order valence-electron chi connectivity index (χ1n) is 21.5. The predicted octanol–water partition coefficient (Wildman–Crippen LogP) is 7.58. The van der Waals surface area contributed by atoms with Gasteiger partial charge in [0, 0.05) is 18.8 Å². The van der Waals surface area contributed by atoms with Crippen LogP contribution in [0.2, 0.25) is 0 Å². The number of esters is 2. The molecule has 0 aromatic heterocycles. The Morgan fingerprint density at radius 2 is 0.839 bits per heavy atom. The molecule has 4 aliphatic heterocycles. The number of ether oxygens (including phenoxy) is 12. The largest absolute Gasteiger partial charge is 0.439 e.